The van der Waals surface area contributed by atoms with Crippen LogP contribution in [0.3, 0.4) is 0 Å². The van der Waals surface area contributed by atoms with Crippen LogP contribution >= 0.6 is 0 Å². The highest BCUT2D eigenvalue weighted by Crippen LogP contribution is 2.21. The van der Waals surface area contributed by atoms with Gasteiger partial charge < -0.3 is 4.57 Å². The molecule has 0 aliphatic rings. The molecule has 0 saturated heterocycles. The molecule has 2 heterocycles. The second-order valence-corrected chi connectivity index (χ2v) is 5.24. The van der Waals surface area contributed by atoms with E-state index in [0.29, 0.717) is 17.0 Å². The Morgan fingerprint density at radius 2 is 1.52 bits per heavy atom. The van der Waals surface area contributed by atoms with Crippen molar-refractivity contribution in [3.63, 3.8) is 0 Å². The first kappa shape index (κ1) is 13.4. The van der Waals surface area contributed by atoms with Crippen LogP contribution in [0.25, 0.3) is 22.6 Å². The van der Waals surface area contributed by atoms with Crippen LogP contribution in [-0.4, -0.2) is 18.7 Å². The standard InChI is InChI=1S/C15H16N4O2/c1-9-5-7-10(8-6-9)12-16-13-11(17(12)2)14(20)19(4)15(21)18(13)3/h5-8H,1-4H3. The summed E-state index contributed by atoms with van der Waals surface area (Å²) in [6.45, 7) is 2.01. The van der Waals surface area contributed by atoms with Crippen molar-refractivity contribution in [3.05, 3.63) is 50.7 Å². The van der Waals surface area contributed by atoms with Crippen molar-refractivity contribution in [2.45, 2.75) is 6.92 Å². The molecule has 3 aromatic rings. The first-order chi connectivity index (χ1) is 9.91. The molecule has 1 aromatic carbocycles. The van der Waals surface area contributed by atoms with Crippen molar-refractivity contribution in [2.75, 3.05) is 0 Å². The Labute approximate surface area is 120 Å². The van der Waals surface area contributed by atoms with E-state index in [4.69, 9.17) is 0 Å². The summed E-state index contributed by atoms with van der Waals surface area (Å²) in [7, 11) is 4.88. The summed E-state index contributed by atoms with van der Waals surface area (Å²) in [4.78, 5) is 28.8. The molecule has 0 aliphatic heterocycles. The number of fused-ring (bicyclic) bond motifs is 1. The first-order valence-corrected chi connectivity index (χ1v) is 6.61. The van der Waals surface area contributed by atoms with Gasteiger partial charge in [-0.1, -0.05) is 29.8 Å². The predicted molar refractivity (Wildman–Crippen MR) is 81.4 cm³/mol. The number of nitrogens with zero attached hydrogens (tertiary/aromatic N) is 4. The quantitative estimate of drug-likeness (QED) is 0.668. The molecular formula is C15H16N4O2. The van der Waals surface area contributed by atoms with E-state index in [9.17, 15) is 9.59 Å². The van der Waals surface area contributed by atoms with Crippen LogP contribution < -0.4 is 11.2 Å². The highest BCUT2D eigenvalue weighted by molar-refractivity contribution is 5.76. The highest BCUT2D eigenvalue weighted by Gasteiger charge is 2.17. The molecule has 0 spiro atoms. The Hall–Kier alpha value is -2.63. The number of benzene rings is 1. The van der Waals surface area contributed by atoms with Crippen molar-refractivity contribution in [1.29, 1.82) is 0 Å². The molecule has 0 radical (unpaired) electrons. The van der Waals surface area contributed by atoms with Crippen LogP contribution in [0.15, 0.2) is 33.9 Å². The summed E-state index contributed by atoms with van der Waals surface area (Å²) in [5.74, 6) is 0.670. The molecular weight excluding hydrogens is 268 g/mol. The minimum atomic E-state index is -0.374. The molecule has 2 aromatic heterocycles. The molecule has 6 nitrogen and oxygen atoms in total. The molecule has 0 saturated carbocycles. The summed E-state index contributed by atoms with van der Waals surface area (Å²) >= 11 is 0. The molecule has 0 bridgehead atoms. The third-order valence-corrected chi connectivity index (χ3v) is 3.79. The van der Waals surface area contributed by atoms with Crippen molar-refractivity contribution < 1.29 is 0 Å². The second-order valence-electron chi connectivity index (χ2n) is 5.24. The minimum Gasteiger partial charge on any atom is -0.321 e. The largest absolute Gasteiger partial charge is 0.332 e. The highest BCUT2D eigenvalue weighted by atomic mass is 16.2. The molecule has 21 heavy (non-hydrogen) atoms. The zero-order valence-electron chi connectivity index (χ0n) is 12.4. The van der Waals surface area contributed by atoms with Crippen LogP contribution in [-0.2, 0) is 21.1 Å². The van der Waals surface area contributed by atoms with Crippen LogP contribution in [0.4, 0.5) is 0 Å². The number of rotatable bonds is 1. The van der Waals surface area contributed by atoms with E-state index in [0.717, 1.165) is 15.7 Å². The molecule has 108 valence electrons. The van der Waals surface area contributed by atoms with Crippen molar-refractivity contribution in [3.8, 4) is 11.4 Å². The Balaban J connectivity index is 2.43. The van der Waals surface area contributed by atoms with E-state index in [1.165, 1.54) is 11.6 Å². The van der Waals surface area contributed by atoms with Crippen LogP contribution in [0.2, 0.25) is 0 Å². The predicted octanol–water partition coefficient (Wildman–Crippen LogP) is 0.946. The maximum atomic E-state index is 12.3. The Morgan fingerprint density at radius 1 is 0.905 bits per heavy atom. The van der Waals surface area contributed by atoms with E-state index < -0.39 is 0 Å². The van der Waals surface area contributed by atoms with Gasteiger partial charge in [0.05, 0.1) is 0 Å². The molecule has 0 N–H and O–H groups in total. The number of aryl methyl sites for hydroxylation is 3. The number of hydrogen-bond acceptors (Lipinski definition) is 3. The van der Waals surface area contributed by atoms with Gasteiger partial charge in [-0.2, -0.15) is 0 Å². The van der Waals surface area contributed by atoms with Crippen LogP contribution in [0.1, 0.15) is 5.56 Å². The maximum absolute atomic E-state index is 12.3. The van der Waals surface area contributed by atoms with Crippen molar-refractivity contribution in [1.82, 2.24) is 18.7 Å². The summed E-state index contributed by atoms with van der Waals surface area (Å²) < 4.78 is 4.24. The Kier molecular flexibility index (Phi) is 2.83. The topological polar surface area (TPSA) is 61.8 Å². The van der Waals surface area contributed by atoms with E-state index in [1.807, 2.05) is 31.2 Å². The molecule has 6 heteroatoms. The van der Waals surface area contributed by atoms with Crippen molar-refractivity contribution in [2.24, 2.45) is 21.1 Å². The number of imidazole rings is 1. The number of aromatic nitrogens is 4. The molecule has 0 fully saturated rings. The van der Waals surface area contributed by atoms with E-state index in [1.54, 1.807) is 18.7 Å². The SMILES string of the molecule is Cc1ccc(-c2nc3c(c(=O)n(C)c(=O)n3C)n2C)cc1. The Morgan fingerprint density at radius 3 is 2.14 bits per heavy atom. The zero-order valence-corrected chi connectivity index (χ0v) is 12.4. The van der Waals surface area contributed by atoms with Crippen molar-refractivity contribution >= 4 is 11.2 Å². The van der Waals surface area contributed by atoms with E-state index in [-0.39, 0.29) is 11.2 Å². The van der Waals surface area contributed by atoms with Gasteiger partial charge in [0, 0.05) is 26.7 Å². The normalized spacial score (nSPS) is 11.2. The summed E-state index contributed by atoms with van der Waals surface area (Å²) in [6, 6.07) is 7.90. The summed E-state index contributed by atoms with van der Waals surface area (Å²) in [5.41, 5.74) is 2.19. The van der Waals surface area contributed by atoms with Gasteiger partial charge in [0.25, 0.3) is 5.56 Å². The van der Waals surface area contributed by atoms with E-state index in [2.05, 4.69) is 4.98 Å². The van der Waals surface area contributed by atoms with Gasteiger partial charge in [0.1, 0.15) is 5.82 Å². The third-order valence-electron chi connectivity index (χ3n) is 3.79. The van der Waals surface area contributed by atoms with Gasteiger partial charge in [0.15, 0.2) is 11.2 Å². The van der Waals surface area contributed by atoms with Gasteiger partial charge >= 0.3 is 5.69 Å². The lowest BCUT2D eigenvalue weighted by atomic mass is 10.1. The number of hydrogen-bond donors (Lipinski definition) is 0. The Bertz CT molecular complexity index is 958. The van der Waals surface area contributed by atoms with Gasteiger partial charge in [-0.25, -0.2) is 9.78 Å². The fourth-order valence-corrected chi connectivity index (χ4v) is 2.48. The molecule has 0 amide bonds. The fraction of sp³-hybridized carbons (Fsp3) is 0.267. The molecule has 0 aliphatic carbocycles. The summed E-state index contributed by atoms with van der Waals surface area (Å²) in [6.07, 6.45) is 0. The van der Waals surface area contributed by atoms with Crippen LogP contribution in [0, 0.1) is 6.92 Å². The van der Waals surface area contributed by atoms with E-state index >= 15 is 0 Å². The van der Waals surface area contributed by atoms with Gasteiger partial charge in [-0.05, 0) is 6.92 Å². The zero-order chi connectivity index (χ0) is 15.3. The third kappa shape index (κ3) is 1.83. The molecule has 0 atom stereocenters. The average molecular weight is 284 g/mol. The lowest BCUT2D eigenvalue weighted by Gasteiger charge is -2.04. The fourth-order valence-electron chi connectivity index (χ4n) is 2.48. The lowest BCUT2D eigenvalue weighted by molar-refractivity contribution is 0.705. The van der Waals surface area contributed by atoms with Gasteiger partial charge in [-0.15, -0.1) is 0 Å². The summed E-state index contributed by atoms with van der Waals surface area (Å²) in [5, 5.41) is 0. The molecule has 3 rings (SSSR count). The maximum Gasteiger partial charge on any atom is 0.332 e. The monoisotopic (exact) mass is 284 g/mol. The lowest BCUT2D eigenvalue weighted by Crippen LogP contribution is -2.37. The van der Waals surface area contributed by atoms with Crippen LogP contribution in [0.5, 0.6) is 0 Å². The molecule has 0 unspecified atom stereocenters. The first-order valence-electron chi connectivity index (χ1n) is 6.61. The van der Waals surface area contributed by atoms with Gasteiger partial charge in [-0.3, -0.25) is 13.9 Å². The van der Waals surface area contributed by atoms with Gasteiger partial charge in [0.2, 0.25) is 0 Å². The second kappa shape index (κ2) is 4.44. The average Bonchev–Trinajstić information content (AvgIpc) is 2.81. The minimum absolute atomic E-state index is 0.332. The smallest absolute Gasteiger partial charge is 0.321 e.